The monoisotopic (exact) mass is 206 g/mol. The van der Waals surface area contributed by atoms with E-state index >= 15 is 0 Å². The molecule has 1 aromatic heterocycles. The Morgan fingerprint density at radius 1 is 1.67 bits per heavy atom. The van der Waals surface area contributed by atoms with Gasteiger partial charge in [-0.15, -0.1) is 0 Å². The highest BCUT2D eigenvalue weighted by Crippen LogP contribution is 1.98. The summed E-state index contributed by atoms with van der Waals surface area (Å²) in [6, 6.07) is 3.26. The molecule has 15 heavy (non-hydrogen) atoms. The van der Waals surface area contributed by atoms with E-state index in [2.05, 4.69) is 4.98 Å². The van der Waals surface area contributed by atoms with Crippen LogP contribution >= 0.6 is 0 Å². The first-order valence-corrected chi connectivity index (χ1v) is 4.44. The second kappa shape index (κ2) is 4.96. The van der Waals surface area contributed by atoms with Gasteiger partial charge in [-0.05, 0) is 13.0 Å². The van der Waals surface area contributed by atoms with Crippen molar-refractivity contribution in [2.45, 2.75) is 13.3 Å². The van der Waals surface area contributed by atoms with Crippen LogP contribution in [0.2, 0.25) is 0 Å². The number of rotatable bonds is 3. The van der Waals surface area contributed by atoms with E-state index in [9.17, 15) is 9.59 Å². The Morgan fingerprint density at radius 2 is 2.40 bits per heavy atom. The van der Waals surface area contributed by atoms with Crippen molar-refractivity contribution in [1.82, 2.24) is 4.98 Å². The van der Waals surface area contributed by atoms with Crippen LogP contribution in [0, 0.1) is 11.3 Å². The minimum absolute atomic E-state index is 0.112. The zero-order valence-electron chi connectivity index (χ0n) is 8.24. The Hall–Kier alpha value is -2.09. The van der Waals surface area contributed by atoms with Crippen LogP contribution in [-0.4, -0.2) is 17.6 Å². The van der Waals surface area contributed by atoms with Gasteiger partial charge in [0.15, 0.2) is 0 Å². The molecule has 0 amide bonds. The largest absolute Gasteiger partial charge is 0.466 e. The first kappa shape index (κ1) is 11.0. The van der Waals surface area contributed by atoms with Gasteiger partial charge in [-0.2, -0.15) is 5.26 Å². The zero-order valence-corrected chi connectivity index (χ0v) is 8.24. The molecular formula is C10H10N2O3. The molecule has 0 unspecified atom stereocenters. The number of hydrogen-bond donors (Lipinski definition) is 1. The van der Waals surface area contributed by atoms with Gasteiger partial charge in [0.25, 0.3) is 5.56 Å². The third-order valence-electron chi connectivity index (χ3n) is 1.75. The molecule has 0 fully saturated rings. The molecule has 0 aliphatic carbocycles. The van der Waals surface area contributed by atoms with Gasteiger partial charge in [-0.25, -0.2) is 0 Å². The molecule has 0 aliphatic rings. The minimum Gasteiger partial charge on any atom is -0.466 e. The summed E-state index contributed by atoms with van der Waals surface area (Å²) in [6.45, 7) is 1.96. The van der Waals surface area contributed by atoms with Crippen LogP contribution in [0.5, 0.6) is 0 Å². The lowest BCUT2D eigenvalue weighted by atomic mass is 10.1. The fourth-order valence-electron chi connectivity index (χ4n) is 1.09. The smallest absolute Gasteiger partial charge is 0.310 e. The van der Waals surface area contributed by atoms with E-state index in [0.29, 0.717) is 5.56 Å². The third-order valence-corrected chi connectivity index (χ3v) is 1.75. The molecule has 0 aromatic carbocycles. The third kappa shape index (κ3) is 2.95. The van der Waals surface area contributed by atoms with Crippen molar-refractivity contribution in [3.05, 3.63) is 33.7 Å². The maximum absolute atomic E-state index is 11.3. The van der Waals surface area contributed by atoms with Gasteiger partial charge in [0, 0.05) is 11.8 Å². The first-order valence-electron chi connectivity index (χ1n) is 4.44. The molecule has 0 spiro atoms. The second-order valence-electron chi connectivity index (χ2n) is 2.84. The quantitative estimate of drug-likeness (QED) is 0.723. The highest BCUT2D eigenvalue weighted by atomic mass is 16.5. The van der Waals surface area contributed by atoms with Crippen LogP contribution in [0.1, 0.15) is 18.1 Å². The predicted molar refractivity (Wildman–Crippen MR) is 52.1 cm³/mol. The molecule has 0 bridgehead atoms. The van der Waals surface area contributed by atoms with Crippen LogP contribution in [0.4, 0.5) is 0 Å². The Balaban J connectivity index is 2.90. The number of hydrogen-bond acceptors (Lipinski definition) is 4. The minimum atomic E-state index is -0.474. The summed E-state index contributed by atoms with van der Waals surface area (Å²) in [4.78, 5) is 24.7. The van der Waals surface area contributed by atoms with Gasteiger partial charge in [0.05, 0.1) is 18.6 Å². The predicted octanol–water partition coefficient (Wildman–Crippen LogP) is 0.352. The molecule has 1 aromatic rings. The van der Waals surface area contributed by atoms with Gasteiger partial charge in [0.1, 0.15) is 6.07 Å². The van der Waals surface area contributed by atoms with E-state index in [-0.39, 0.29) is 24.2 Å². The van der Waals surface area contributed by atoms with E-state index in [0.717, 1.165) is 0 Å². The number of aromatic nitrogens is 1. The van der Waals surface area contributed by atoms with E-state index in [1.807, 2.05) is 6.07 Å². The highest BCUT2D eigenvalue weighted by molar-refractivity contribution is 5.72. The molecular weight excluding hydrogens is 196 g/mol. The van der Waals surface area contributed by atoms with E-state index < -0.39 is 5.97 Å². The number of carbonyl (C=O) groups excluding carboxylic acids is 1. The molecule has 0 saturated carbocycles. The molecule has 0 atom stereocenters. The lowest BCUT2D eigenvalue weighted by molar-refractivity contribution is -0.142. The fraction of sp³-hybridized carbons (Fsp3) is 0.300. The van der Waals surface area contributed by atoms with Crippen molar-refractivity contribution < 1.29 is 9.53 Å². The molecule has 5 heteroatoms. The maximum Gasteiger partial charge on any atom is 0.310 e. The molecule has 0 saturated heterocycles. The molecule has 0 aliphatic heterocycles. The van der Waals surface area contributed by atoms with Crippen LogP contribution in [-0.2, 0) is 16.0 Å². The summed E-state index contributed by atoms with van der Waals surface area (Å²) in [7, 11) is 0. The Bertz CT molecular complexity index is 456. The van der Waals surface area contributed by atoms with Crippen molar-refractivity contribution in [2.75, 3.05) is 6.61 Å². The lowest BCUT2D eigenvalue weighted by Gasteiger charge is -2.00. The van der Waals surface area contributed by atoms with Gasteiger partial charge in [0.2, 0.25) is 0 Å². The number of nitriles is 1. The molecule has 5 nitrogen and oxygen atoms in total. The summed E-state index contributed by atoms with van der Waals surface area (Å²) in [5.74, 6) is -0.474. The number of nitrogens with one attached hydrogen (secondary N) is 1. The van der Waals surface area contributed by atoms with Crippen molar-refractivity contribution in [3.63, 3.8) is 0 Å². The van der Waals surface area contributed by atoms with Crippen LogP contribution < -0.4 is 5.56 Å². The first-order chi connectivity index (χ1) is 7.17. The number of nitrogens with zero attached hydrogens (tertiary/aromatic N) is 1. The fourth-order valence-corrected chi connectivity index (χ4v) is 1.09. The van der Waals surface area contributed by atoms with E-state index in [1.54, 1.807) is 6.92 Å². The van der Waals surface area contributed by atoms with E-state index in [4.69, 9.17) is 10.00 Å². The number of ether oxygens (including phenoxy) is 1. The summed E-state index contributed by atoms with van der Waals surface area (Å²) in [5, 5.41) is 8.60. The number of aromatic amines is 1. The summed E-state index contributed by atoms with van der Waals surface area (Å²) in [5.41, 5.74) is 0.184. The Labute approximate surface area is 86.3 Å². The molecule has 78 valence electrons. The highest BCUT2D eigenvalue weighted by Gasteiger charge is 2.08. The average Bonchev–Trinajstić information content (AvgIpc) is 2.21. The molecule has 1 N–H and O–H groups in total. The number of esters is 1. The Kier molecular flexibility index (Phi) is 3.63. The Morgan fingerprint density at radius 3 is 3.00 bits per heavy atom. The van der Waals surface area contributed by atoms with Gasteiger partial charge in [-0.3, -0.25) is 9.59 Å². The van der Waals surface area contributed by atoms with Crippen molar-refractivity contribution in [1.29, 1.82) is 5.26 Å². The van der Waals surface area contributed by atoms with Crippen LogP contribution in [0.15, 0.2) is 17.1 Å². The van der Waals surface area contributed by atoms with Crippen LogP contribution in [0.25, 0.3) is 0 Å². The van der Waals surface area contributed by atoms with E-state index in [1.165, 1.54) is 12.3 Å². The summed E-state index contributed by atoms with van der Waals surface area (Å²) < 4.78 is 4.70. The van der Waals surface area contributed by atoms with Crippen molar-refractivity contribution in [2.24, 2.45) is 0 Å². The SMILES string of the molecule is CCOC(=O)Cc1cc(C#N)c[nH]c1=O. The topological polar surface area (TPSA) is 82.9 Å². The molecule has 1 rings (SSSR count). The second-order valence-corrected chi connectivity index (χ2v) is 2.84. The summed E-state index contributed by atoms with van der Waals surface area (Å²) >= 11 is 0. The summed E-state index contributed by atoms with van der Waals surface area (Å²) in [6.07, 6.45) is 1.19. The van der Waals surface area contributed by atoms with Crippen molar-refractivity contribution >= 4 is 5.97 Å². The van der Waals surface area contributed by atoms with Crippen LogP contribution in [0.3, 0.4) is 0 Å². The maximum atomic E-state index is 11.3. The number of pyridine rings is 1. The zero-order chi connectivity index (χ0) is 11.3. The molecule has 0 radical (unpaired) electrons. The number of H-pyrrole nitrogens is 1. The standard InChI is InChI=1S/C10H10N2O3/c1-2-15-9(13)4-8-3-7(5-11)6-12-10(8)14/h3,6H,2,4H2,1H3,(H,12,14). The van der Waals surface area contributed by atoms with Crippen molar-refractivity contribution in [3.8, 4) is 6.07 Å². The van der Waals surface area contributed by atoms with Gasteiger partial charge >= 0.3 is 5.97 Å². The van der Waals surface area contributed by atoms with Gasteiger partial charge in [-0.1, -0.05) is 0 Å². The van der Waals surface area contributed by atoms with Gasteiger partial charge < -0.3 is 9.72 Å². The number of carbonyl (C=O) groups is 1. The average molecular weight is 206 g/mol. The lowest BCUT2D eigenvalue weighted by Crippen LogP contribution is -2.17. The normalized spacial score (nSPS) is 9.33. The molecule has 1 heterocycles.